The standard InChI is InChI=1S/C9H17F2NO/c1-8(2,13)7-12-5-3-9(10,11)4-6-12/h13H,3-7H2,1-2H3. The summed E-state index contributed by atoms with van der Waals surface area (Å²) in [5.41, 5.74) is -0.785. The first kappa shape index (κ1) is 10.9. The quantitative estimate of drug-likeness (QED) is 0.718. The Morgan fingerprint density at radius 3 is 2.15 bits per heavy atom. The number of halogens is 2. The smallest absolute Gasteiger partial charge is 0.250 e. The van der Waals surface area contributed by atoms with E-state index in [4.69, 9.17) is 0 Å². The lowest BCUT2D eigenvalue weighted by Gasteiger charge is -2.35. The molecule has 1 fully saturated rings. The van der Waals surface area contributed by atoms with Crippen molar-refractivity contribution in [2.24, 2.45) is 0 Å². The Kier molecular flexibility index (Phi) is 2.92. The van der Waals surface area contributed by atoms with E-state index >= 15 is 0 Å². The van der Waals surface area contributed by atoms with Crippen LogP contribution in [-0.2, 0) is 0 Å². The van der Waals surface area contributed by atoms with E-state index < -0.39 is 11.5 Å². The molecule has 1 saturated heterocycles. The van der Waals surface area contributed by atoms with E-state index in [-0.39, 0.29) is 12.8 Å². The molecule has 0 amide bonds. The van der Waals surface area contributed by atoms with Crippen molar-refractivity contribution in [1.29, 1.82) is 0 Å². The number of hydrogen-bond donors (Lipinski definition) is 1. The normalized spacial score (nSPS) is 24.7. The summed E-state index contributed by atoms with van der Waals surface area (Å²) in [5, 5.41) is 9.47. The second-order valence-corrected chi connectivity index (χ2v) is 4.44. The van der Waals surface area contributed by atoms with Crippen molar-refractivity contribution in [3.8, 4) is 0 Å². The number of piperidine rings is 1. The van der Waals surface area contributed by atoms with Crippen LogP contribution in [0.2, 0.25) is 0 Å². The van der Waals surface area contributed by atoms with Crippen molar-refractivity contribution in [3.63, 3.8) is 0 Å². The molecule has 0 aliphatic carbocycles. The third-order valence-corrected chi connectivity index (χ3v) is 2.20. The van der Waals surface area contributed by atoms with Crippen LogP contribution in [-0.4, -0.2) is 41.2 Å². The van der Waals surface area contributed by atoms with E-state index in [2.05, 4.69) is 0 Å². The Hall–Kier alpha value is -0.220. The minimum absolute atomic E-state index is 0.0803. The van der Waals surface area contributed by atoms with Gasteiger partial charge in [0.1, 0.15) is 0 Å². The van der Waals surface area contributed by atoms with Crippen LogP contribution < -0.4 is 0 Å². The molecule has 4 heteroatoms. The van der Waals surface area contributed by atoms with Crippen molar-refractivity contribution in [1.82, 2.24) is 4.90 Å². The van der Waals surface area contributed by atoms with Gasteiger partial charge in [-0.2, -0.15) is 0 Å². The fourth-order valence-corrected chi connectivity index (χ4v) is 1.59. The van der Waals surface area contributed by atoms with E-state index in [0.717, 1.165) is 0 Å². The largest absolute Gasteiger partial charge is 0.389 e. The maximum Gasteiger partial charge on any atom is 0.250 e. The topological polar surface area (TPSA) is 23.5 Å². The number of alkyl halides is 2. The van der Waals surface area contributed by atoms with Gasteiger partial charge < -0.3 is 10.0 Å². The van der Waals surface area contributed by atoms with E-state index in [1.807, 2.05) is 4.90 Å². The summed E-state index contributed by atoms with van der Waals surface area (Å²) in [6.45, 7) is 4.64. The van der Waals surface area contributed by atoms with E-state index in [0.29, 0.717) is 19.6 Å². The predicted molar refractivity (Wildman–Crippen MR) is 46.9 cm³/mol. The molecule has 1 aliphatic heterocycles. The highest BCUT2D eigenvalue weighted by molar-refractivity contribution is 4.81. The Bertz CT molecular complexity index is 167. The summed E-state index contributed by atoms with van der Waals surface area (Å²) in [7, 11) is 0. The fraction of sp³-hybridized carbons (Fsp3) is 1.00. The molecule has 1 aliphatic rings. The lowest BCUT2D eigenvalue weighted by Crippen LogP contribution is -2.45. The number of aliphatic hydroxyl groups is 1. The van der Waals surface area contributed by atoms with Crippen molar-refractivity contribution < 1.29 is 13.9 Å². The number of rotatable bonds is 2. The van der Waals surface area contributed by atoms with Gasteiger partial charge >= 0.3 is 0 Å². The van der Waals surface area contributed by atoms with Crippen LogP contribution in [0.4, 0.5) is 8.78 Å². The third kappa shape index (κ3) is 4.00. The molecule has 0 saturated carbocycles. The molecule has 2 nitrogen and oxygen atoms in total. The van der Waals surface area contributed by atoms with Crippen molar-refractivity contribution in [3.05, 3.63) is 0 Å². The molecular weight excluding hydrogens is 176 g/mol. The Labute approximate surface area is 77.5 Å². The van der Waals surface area contributed by atoms with Gasteiger partial charge in [0.25, 0.3) is 5.92 Å². The molecule has 0 atom stereocenters. The second kappa shape index (κ2) is 3.50. The molecule has 0 radical (unpaired) electrons. The summed E-state index contributed by atoms with van der Waals surface area (Å²) in [4.78, 5) is 1.89. The molecule has 0 unspecified atom stereocenters. The average molecular weight is 193 g/mol. The van der Waals surface area contributed by atoms with Crippen LogP contribution in [0.3, 0.4) is 0 Å². The van der Waals surface area contributed by atoms with Gasteiger partial charge in [-0.1, -0.05) is 0 Å². The van der Waals surface area contributed by atoms with Gasteiger partial charge in [0.05, 0.1) is 5.60 Å². The maximum absolute atomic E-state index is 12.7. The second-order valence-electron chi connectivity index (χ2n) is 4.44. The summed E-state index contributed by atoms with van der Waals surface area (Å²) in [5.74, 6) is -2.49. The van der Waals surface area contributed by atoms with Crippen molar-refractivity contribution in [2.45, 2.75) is 38.2 Å². The fourth-order valence-electron chi connectivity index (χ4n) is 1.59. The van der Waals surface area contributed by atoms with Crippen LogP contribution in [0.15, 0.2) is 0 Å². The van der Waals surface area contributed by atoms with E-state index in [1.165, 1.54) is 0 Å². The van der Waals surface area contributed by atoms with Crippen LogP contribution >= 0.6 is 0 Å². The summed E-state index contributed by atoms with van der Waals surface area (Å²) >= 11 is 0. The number of likely N-dealkylation sites (tertiary alicyclic amines) is 1. The first-order valence-corrected chi connectivity index (χ1v) is 4.61. The minimum Gasteiger partial charge on any atom is -0.389 e. The molecule has 1 N–H and O–H groups in total. The molecule has 0 aromatic rings. The van der Waals surface area contributed by atoms with Gasteiger partial charge in [-0.05, 0) is 13.8 Å². The van der Waals surface area contributed by atoms with Crippen molar-refractivity contribution >= 4 is 0 Å². The Balaban J connectivity index is 2.34. The molecule has 13 heavy (non-hydrogen) atoms. The molecule has 78 valence electrons. The zero-order chi connectivity index (χ0) is 10.1. The monoisotopic (exact) mass is 193 g/mol. The first-order valence-electron chi connectivity index (χ1n) is 4.61. The van der Waals surface area contributed by atoms with Gasteiger partial charge in [-0.3, -0.25) is 0 Å². The third-order valence-electron chi connectivity index (χ3n) is 2.20. The molecular formula is C9H17F2NO. The highest BCUT2D eigenvalue weighted by Gasteiger charge is 2.35. The summed E-state index contributed by atoms with van der Waals surface area (Å²) < 4.78 is 25.4. The Morgan fingerprint density at radius 2 is 1.77 bits per heavy atom. The lowest BCUT2D eigenvalue weighted by atomic mass is 10.0. The van der Waals surface area contributed by atoms with Gasteiger partial charge in [0.15, 0.2) is 0 Å². The summed E-state index contributed by atoms with van der Waals surface area (Å²) in [6, 6.07) is 0. The SMILES string of the molecule is CC(C)(O)CN1CCC(F)(F)CC1. The molecule has 0 bridgehead atoms. The Morgan fingerprint density at radius 1 is 1.31 bits per heavy atom. The molecule has 1 heterocycles. The number of β-amino-alcohol motifs (C(OH)–C–C–N with tert-alkyl or cyclic N) is 1. The molecule has 0 spiro atoms. The van der Waals surface area contributed by atoms with Crippen LogP contribution in [0.5, 0.6) is 0 Å². The van der Waals surface area contributed by atoms with Gasteiger partial charge in [0, 0.05) is 32.5 Å². The van der Waals surface area contributed by atoms with Gasteiger partial charge in [-0.25, -0.2) is 8.78 Å². The highest BCUT2D eigenvalue weighted by atomic mass is 19.3. The van der Waals surface area contributed by atoms with Crippen LogP contribution in [0, 0.1) is 0 Å². The van der Waals surface area contributed by atoms with Crippen LogP contribution in [0.25, 0.3) is 0 Å². The maximum atomic E-state index is 12.7. The number of hydrogen-bond acceptors (Lipinski definition) is 2. The van der Waals surface area contributed by atoms with Gasteiger partial charge in [0.2, 0.25) is 0 Å². The predicted octanol–water partition coefficient (Wildman–Crippen LogP) is 1.49. The van der Waals surface area contributed by atoms with Crippen molar-refractivity contribution in [2.75, 3.05) is 19.6 Å². The molecule has 0 aromatic heterocycles. The zero-order valence-electron chi connectivity index (χ0n) is 8.19. The van der Waals surface area contributed by atoms with Gasteiger partial charge in [-0.15, -0.1) is 0 Å². The highest BCUT2D eigenvalue weighted by Crippen LogP contribution is 2.28. The average Bonchev–Trinajstić information content (AvgIpc) is 1.91. The van der Waals surface area contributed by atoms with E-state index in [9.17, 15) is 13.9 Å². The zero-order valence-corrected chi connectivity index (χ0v) is 8.19. The minimum atomic E-state index is -2.49. The molecule has 1 rings (SSSR count). The first-order chi connectivity index (χ1) is 5.79. The lowest BCUT2D eigenvalue weighted by molar-refractivity contribution is -0.0688. The van der Waals surface area contributed by atoms with E-state index in [1.54, 1.807) is 13.8 Å². The number of nitrogens with zero attached hydrogens (tertiary/aromatic N) is 1. The molecule has 0 aromatic carbocycles. The summed E-state index contributed by atoms with van der Waals surface area (Å²) in [6.07, 6.45) is -0.161. The van der Waals surface area contributed by atoms with Crippen LogP contribution in [0.1, 0.15) is 26.7 Å².